The Morgan fingerprint density at radius 2 is 0.500 bits per heavy atom. The number of hydrogen-bond acceptors (Lipinski definition) is 16. The molecule has 18 heteroatoms. The number of nitrogens with zero attached hydrogens (tertiary/aromatic N) is 16. The van der Waals surface area contributed by atoms with Crippen LogP contribution in [0.15, 0.2) is 318 Å². The molecular weight excluding hydrogens is 1410 g/mol. The van der Waals surface area contributed by atoms with E-state index in [0.29, 0.717) is 23.3 Å². The summed E-state index contributed by atoms with van der Waals surface area (Å²) in [5.74, 6) is 2.33. The Balaban J connectivity index is 0.740. The van der Waals surface area contributed by atoms with Crippen LogP contribution in [0, 0.1) is 0 Å². The molecule has 4 aliphatic rings. The van der Waals surface area contributed by atoms with Crippen molar-refractivity contribution in [2.24, 2.45) is 0 Å². The topological polar surface area (TPSA) is 168 Å². The van der Waals surface area contributed by atoms with E-state index < -0.39 is 21.6 Å². The van der Waals surface area contributed by atoms with Gasteiger partial charge in [-0.15, -0.1) is 0 Å². The first-order chi connectivity index (χ1) is 54.8. The zero-order valence-corrected chi connectivity index (χ0v) is 64.6. The fraction of sp³-hybridized carbons (Fsp3) is 0.106. The third-order valence-corrected chi connectivity index (χ3v) is 31.9. The number of anilines is 12. The van der Waals surface area contributed by atoms with E-state index in [9.17, 15) is 0 Å². The van der Waals surface area contributed by atoms with Crippen LogP contribution in [0.1, 0.15) is 49.4 Å². The average molecular weight is 1480 g/mol. The first-order valence-electron chi connectivity index (χ1n) is 37.9. The van der Waals surface area contributed by atoms with Crippen LogP contribution in [-0.4, -0.2) is 76.0 Å². The van der Waals surface area contributed by atoms with Gasteiger partial charge in [0.25, 0.3) is 0 Å². The van der Waals surface area contributed by atoms with Crippen LogP contribution in [0.25, 0.3) is 67.8 Å². The van der Waals surface area contributed by atoms with Crippen molar-refractivity contribution in [1.29, 1.82) is 0 Å². The van der Waals surface area contributed by atoms with Gasteiger partial charge >= 0.3 is 0 Å². The summed E-state index contributed by atoms with van der Waals surface area (Å²) < 4.78 is 0. The van der Waals surface area contributed by atoms with Crippen molar-refractivity contribution in [3.63, 3.8) is 0 Å². The molecule has 0 saturated heterocycles. The SMILES string of the molecule is CC1(C)c2ccccc2N(c2cc(-c3ncncn3)ccc2-c2ccc(-c3ncncn3)cc2N2c3ccccc3C(C)(CC[Si]3(C)c4ccccc4N(c4cc(-c5ncncn5)ccc4-c4ccc(-c5ncncn5)cc4N4c5ccccc5[Si](C)(C)c5ccccc54)c4ccccc43)c3ccccc32)c2ccccc21. The van der Waals surface area contributed by atoms with Crippen molar-refractivity contribution >= 4 is 105 Å². The largest absolute Gasteiger partial charge is 0.310 e. The standard InChI is InChI=1S/C94H74N16Si2/c1-93(2)69-23-7-11-27-73(69)107(74-28-12-8-24-70(74)93)81-49-61(89-99-53-95-54-100-89)39-43-65(81)66-44-40-62(90-101-55-96-56-102-90)50-82(66)108-75-29-13-9-25-71(75)94(3,72-26-10-14-30-76(72)108)47-48-112(6)87-37-21-17-33-79(87)110(80-34-18-22-38-88(80)112)84-52-64(92-105-59-98-60-106-92)42-46-68(84)67-45-41-63(91-103-57-97-58-104-91)51-83(67)109-77-31-15-19-35-85(77)111(4,5)86-36-20-16-32-78(86)109/h7-46,49-60H,47-48H2,1-6H3. The fourth-order valence-electron chi connectivity index (χ4n) is 18.4. The third kappa shape index (κ3) is 10.7. The van der Waals surface area contributed by atoms with E-state index in [0.717, 1.165) is 125 Å². The van der Waals surface area contributed by atoms with Crippen LogP contribution in [0.4, 0.5) is 68.2 Å². The fourth-order valence-corrected chi connectivity index (χ4v) is 25.7. The molecule has 4 aromatic heterocycles. The highest BCUT2D eigenvalue weighted by Crippen LogP contribution is 2.60. The third-order valence-electron chi connectivity index (χ3n) is 23.9. The summed E-state index contributed by atoms with van der Waals surface area (Å²) in [6, 6.07) is 99.8. The zero-order chi connectivity index (χ0) is 75.5. The lowest BCUT2D eigenvalue weighted by Gasteiger charge is -2.47. The van der Waals surface area contributed by atoms with E-state index in [1.54, 1.807) is 50.6 Å². The molecule has 0 bridgehead atoms. The highest BCUT2D eigenvalue weighted by molar-refractivity contribution is 7.04. The summed E-state index contributed by atoms with van der Waals surface area (Å²) in [5, 5.41) is 5.43. The zero-order valence-electron chi connectivity index (χ0n) is 62.6. The summed E-state index contributed by atoms with van der Waals surface area (Å²) >= 11 is 0. The van der Waals surface area contributed by atoms with Gasteiger partial charge in [0, 0.05) is 78.1 Å². The molecule has 0 aliphatic carbocycles. The molecule has 16 nitrogen and oxygen atoms in total. The van der Waals surface area contributed by atoms with Gasteiger partial charge in [0.1, 0.15) is 66.8 Å². The Labute approximate surface area is 651 Å². The van der Waals surface area contributed by atoms with Gasteiger partial charge in [0.15, 0.2) is 23.3 Å². The summed E-state index contributed by atoms with van der Waals surface area (Å²) in [6.07, 6.45) is 13.4. The van der Waals surface area contributed by atoms with E-state index in [4.69, 9.17) is 39.9 Å². The number of fused-ring (bicyclic) bond motifs is 8. The average Bonchev–Trinajstić information content (AvgIpc) is 0.697. The van der Waals surface area contributed by atoms with Crippen molar-refractivity contribution in [2.75, 3.05) is 19.6 Å². The Bertz CT molecular complexity index is 5810. The Morgan fingerprint density at radius 3 is 0.812 bits per heavy atom. The lowest BCUT2D eigenvalue weighted by molar-refractivity contribution is 0.541. The maximum atomic E-state index is 4.79. The van der Waals surface area contributed by atoms with Gasteiger partial charge in [-0.1, -0.05) is 235 Å². The predicted molar refractivity (Wildman–Crippen MR) is 453 cm³/mol. The second-order valence-corrected chi connectivity index (χ2v) is 39.2. The highest BCUT2D eigenvalue weighted by atomic mass is 28.3. The maximum Gasteiger partial charge on any atom is 0.162 e. The monoisotopic (exact) mass is 1480 g/mol. The molecule has 0 unspecified atom stereocenters. The quantitative estimate of drug-likeness (QED) is 0.0999. The summed E-state index contributed by atoms with van der Waals surface area (Å²) in [5.41, 5.74) is 24.5. The molecule has 0 saturated carbocycles. The molecule has 0 N–H and O–H groups in total. The molecule has 4 aliphatic heterocycles. The molecule has 12 aromatic carbocycles. The van der Waals surface area contributed by atoms with Gasteiger partial charge in [0.2, 0.25) is 0 Å². The van der Waals surface area contributed by atoms with Crippen molar-refractivity contribution in [2.45, 2.75) is 63.7 Å². The summed E-state index contributed by atoms with van der Waals surface area (Å²) in [6.45, 7) is 14.7. The van der Waals surface area contributed by atoms with Gasteiger partial charge < -0.3 is 19.6 Å². The lowest BCUT2D eigenvalue weighted by atomic mass is 9.70. The predicted octanol–water partition coefficient (Wildman–Crippen LogP) is 19.3. The van der Waals surface area contributed by atoms with Gasteiger partial charge in [-0.3, -0.25) is 0 Å². The van der Waals surface area contributed by atoms with Crippen molar-refractivity contribution < 1.29 is 0 Å². The molecular formula is C94H74N16Si2. The second-order valence-electron chi connectivity index (χ2n) is 30.7. The molecule has 8 heterocycles. The van der Waals surface area contributed by atoms with Crippen LogP contribution in [-0.2, 0) is 10.8 Å². The minimum atomic E-state index is -2.81. The van der Waals surface area contributed by atoms with Crippen LogP contribution in [0.3, 0.4) is 0 Å². The van der Waals surface area contributed by atoms with Gasteiger partial charge in [-0.2, -0.15) is 0 Å². The van der Waals surface area contributed by atoms with Gasteiger partial charge in [0.05, 0.1) is 45.5 Å². The number of benzene rings is 12. The van der Waals surface area contributed by atoms with Crippen LogP contribution in [0.2, 0.25) is 25.7 Å². The summed E-state index contributed by atoms with van der Waals surface area (Å²) in [4.78, 5) is 65.0. The van der Waals surface area contributed by atoms with Crippen molar-refractivity contribution in [3.8, 4) is 67.8 Å². The van der Waals surface area contributed by atoms with Crippen LogP contribution >= 0.6 is 0 Å². The van der Waals surface area contributed by atoms with E-state index in [2.05, 4.69) is 347 Å². The molecule has 538 valence electrons. The lowest BCUT2D eigenvalue weighted by Crippen LogP contribution is -2.61. The van der Waals surface area contributed by atoms with Gasteiger partial charge in [-0.05, 0) is 128 Å². The minimum absolute atomic E-state index is 0.300. The molecule has 112 heavy (non-hydrogen) atoms. The molecule has 0 fully saturated rings. The van der Waals surface area contributed by atoms with E-state index in [1.807, 2.05) is 0 Å². The number of hydrogen-bond donors (Lipinski definition) is 0. The normalized spacial score (nSPS) is 14.8. The summed E-state index contributed by atoms with van der Waals surface area (Å²) in [7, 11) is -5.02. The molecule has 0 spiro atoms. The van der Waals surface area contributed by atoms with Gasteiger partial charge in [-0.25, -0.2) is 59.8 Å². The minimum Gasteiger partial charge on any atom is -0.310 e. The number of para-hydroxylation sites is 8. The highest BCUT2D eigenvalue weighted by Gasteiger charge is 2.48. The molecule has 0 atom stereocenters. The van der Waals surface area contributed by atoms with E-state index in [-0.39, 0.29) is 5.41 Å². The molecule has 20 rings (SSSR count). The van der Waals surface area contributed by atoms with Crippen molar-refractivity contribution in [1.82, 2.24) is 59.8 Å². The Hall–Kier alpha value is -13.7. The maximum absolute atomic E-state index is 4.79. The smallest absolute Gasteiger partial charge is 0.162 e. The number of rotatable bonds is 13. The molecule has 0 amide bonds. The second kappa shape index (κ2) is 26.6. The van der Waals surface area contributed by atoms with E-state index >= 15 is 0 Å². The number of aromatic nitrogens is 12. The molecule has 0 radical (unpaired) electrons. The van der Waals surface area contributed by atoms with Crippen molar-refractivity contribution in [3.05, 3.63) is 340 Å². The van der Waals surface area contributed by atoms with E-state index in [1.165, 1.54) is 43.0 Å². The van der Waals surface area contributed by atoms with Crippen LogP contribution in [0.5, 0.6) is 0 Å². The van der Waals surface area contributed by atoms with Crippen LogP contribution < -0.4 is 40.3 Å². The first-order valence-corrected chi connectivity index (χ1v) is 43.6. The molecule has 16 aromatic rings. The Morgan fingerprint density at radius 1 is 0.259 bits per heavy atom. The first kappa shape index (κ1) is 67.6. The Kier molecular flexibility index (Phi) is 16.1.